The molecule has 0 unspecified atom stereocenters. The van der Waals surface area contributed by atoms with E-state index in [2.05, 4.69) is 75.6 Å². The molecule has 0 bridgehead atoms. The Morgan fingerprint density at radius 2 is 1.69 bits per heavy atom. The number of benzene rings is 2. The maximum Gasteiger partial charge on any atom is 0.257 e. The molecule has 2 heterocycles. The normalized spacial score (nSPS) is 23.1. The summed E-state index contributed by atoms with van der Waals surface area (Å²) >= 11 is 0. The number of H-pyrrole nitrogens is 1. The minimum atomic E-state index is -0.221. The highest BCUT2D eigenvalue weighted by Crippen LogP contribution is 2.45. The van der Waals surface area contributed by atoms with Gasteiger partial charge in [-0.25, -0.2) is 0 Å². The average Bonchev–Trinajstić information content (AvgIpc) is 2.90. The van der Waals surface area contributed by atoms with Crippen LogP contribution >= 0.6 is 0 Å². The van der Waals surface area contributed by atoms with Crippen LogP contribution in [0.2, 0.25) is 0 Å². The monoisotopic (exact) mass is 470 g/mol. The van der Waals surface area contributed by atoms with Gasteiger partial charge in [0.15, 0.2) is 0 Å². The van der Waals surface area contributed by atoms with Gasteiger partial charge in [-0.2, -0.15) is 0 Å². The Morgan fingerprint density at radius 3 is 2.37 bits per heavy atom. The number of piperazine rings is 1. The second-order valence-electron chi connectivity index (χ2n) is 10.0. The van der Waals surface area contributed by atoms with Crippen LogP contribution in [-0.4, -0.2) is 42.0 Å². The van der Waals surface area contributed by atoms with Crippen LogP contribution < -0.4 is 15.8 Å². The molecule has 2 fully saturated rings. The highest BCUT2D eigenvalue weighted by Gasteiger charge is 2.42. The van der Waals surface area contributed by atoms with Crippen LogP contribution in [0, 0.1) is 5.92 Å². The number of carbonyl (C=O) groups excluding carboxylic acids is 1. The SMILES string of the molecule is C[C@H]1CC[C@](c2cccc(NC(=O)c3ccc(=O)[nH]c3)c2)(N2CCN(c3ccccc3)CC2)CC1. The molecule has 2 N–H and O–H groups in total. The zero-order valence-corrected chi connectivity index (χ0v) is 20.4. The van der Waals surface area contributed by atoms with Crippen LogP contribution in [0.3, 0.4) is 0 Å². The summed E-state index contributed by atoms with van der Waals surface area (Å²) in [4.78, 5) is 31.8. The van der Waals surface area contributed by atoms with Gasteiger partial charge in [0.1, 0.15) is 0 Å². The maximum absolute atomic E-state index is 12.8. The fraction of sp³-hybridized carbons (Fsp3) is 0.379. The molecule has 3 aromatic rings. The van der Waals surface area contributed by atoms with Gasteiger partial charge in [0.05, 0.1) is 5.56 Å². The molecule has 1 saturated heterocycles. The van der Waals surface area contributed by atoms with Gasteiger partial charge >= 0.3 is 0 Å². The number of hydrogen-bond acceptors (Lipinski definition) is 4. The zero-order chi connectivity index (χ0) is 24.3. The summed E-state index contributed by atoms with van der Waals surface area (Å²) in [5.41, 5.74) is 3.59. The van der Waals surface area contributed by atoms with Gasteiger partial charge < -0.3 is 15.2 Å². The first kappa shape index (κ1) is 23.4. The van der Waals surface area contributed by atoms with Crippen LogP contribution in [0.1, 0.15) is 48.5 Å². The van der Waals surface area contributed by atoms with Crippen LogP contribution in [0.25, 0.3) is 0 Å². The maximum atomic E-state index is 12.8. The molecule has 1 aliphatic carbocycles. The lowest BCUT2D eigenvalue weighted by atomic mass is 9.71. The summed E-state index contributed by atoms with van der Waals surface area (Å²) < 4.78 is 0. The number of amides is 1. The Hall–Kier alpha value is -3.38. The van der Waals surface area contributed by atoms with Gasteiger partial charge in [-0.3, -0.25) is 14.5 Å². The smallest absolute Gasteiger partial charge is 0.257 e. The Morgan fingerprint density at radius 1 is 0.943 bits per heavy atom. The predicted molar refractivity (Wildman–Crippen MR) is 141 cm³/mol. The summed E-state index contributed by atoms with van der Waals surface area (Å²) in [6.45, 7) is 6.44. The Bertz CT molecular complexity index is 1190. The molecule has 1 amide bonds. The molecule has 35 heavy (non-hydrogen) atoms. The van der Waals surface area contributed by atoms with E-state index in [9.17, 15) is 9.59 Å². The van der Waals surface area contributed by atoms with Gasteiger partial charge in [0.2, 0.25) is 5.56 Å². The number of anilines is 2. The lowest BCUT2D eigenvalue weighted by Crippen LogP contribution is -2.56. The number of rotatable bonds is 5. The van der Waals surface area contributed by atoms with E-state index >= 15 is 0 Å². The predicted octanol–water partition coefficient (Wildman–Crippen LogP) is 4.85. The molecule has 1 aliphatic heterocycles. The number of pyridine rings is 1. The first-order valence-corrected chi connectivity index (χ1v) is 12.7. The van der Waals surface area contributed by atoms with E-state index < -0.39 is 0 Å². The average molecular weight is 471 g/mol. The van der Waals surface area contributed by atoms with E-state index in [1.165, 1.54) is 36.4 Å². The number of para-hydroxylation sites is 1. The molecular weight excluding hydrogens is 436 g/mol. The topological polar surface area (TPSA) is 68.4 Å². The van der Waals surface area contributed by atoms with Crippen molar-refractivity contribution in [1.29, 1.82) is 0 Å². The lowest BCUT2D eigenvalue weighted by Gasteiger charge is -2.51. The zero-order valence-electron chi connectivity index (χ0n) is 20.4. The minimum absolute atomic E-state index is 0.00594. The fourth-order valence-electron chi connectivity index (χ4n) is 5.70. The van der Waals surface area contributed by atoms with Crippen LogP contribution in [0.15, 0.2) is 77.7 Å². The van der Waals surface area contributed by atoms with E-state index in [1.54, 1.807) is 6.07 Å². The molecule has 0 radical (unpaired) electrons. The van der Waals surface area contributed by atoms with Gasteiger partial charge in [0.25, 0.3) is 5.91 Å². The van der Waals surface area contributed by atoms with E-state index in [4.69, 9.17) is 0 Å². The highest BCUT2D eigenvalue weighted by molar-refractivity contribution is 6.04. The number of aromatic amines is 1. The van der Waals surface area contributed by atoms with Gasteiger partial charge in [0, 0.05) is 55.4 Å². The van der Waals surface area contributed by atoms with Crippen LogP contribution in [0.4, 0.5) is 11.4 Å². The summed E-state index contributed by atoms with van der Waals surface area (Å²) in [6, 6.07) is 22.0. The van der Waals surface area contributed by atoms with Crippen molar-refractivity contribution in [2.24, 2.45) is 5.92 Å². The Labute approximate surface area is 207 Å². The first-order chi connectivity index (χ1) is 17.0. The van der Waals surface area contributed by atoms with Crippen molar-refractivity contribution in [3.63, 3.8) is 0 Å². The Kier molecular flexibility index (Phi) is 6.73. The molecule has 2 aliphatic rings. The largest absolute Gasteiger partial charge is 0.369 e. The standard InChI is InChI=1S/C29H34N4O2/c1-22-12-14-29(15-13-22,33-18-16-32(17-19-33)26-8-3-2-4-9-26)24-6-5-7-25(20-24)31-28(35)23-10-11-27(34)30-21-23/h2-11,20-22H,12-19H2,1H3,(H,30,34)(H,31,35)/t22-,29-. The van der Waals surface area contributed by atoms with E-state index in [0.717, 1.165) is 50.6 Å². The van der Waals surface area contributed by atoms with Crippen molar-refractivity contribution in [2.75, 3.05) is 36.4 Å². The molecule has 1 saturated carbocycles. The molecular formula is C29H34N4O2. The first-order valence-electron chi connectivity index (χ1n) is 12.7. The third kappa shape index (κ3) is 5.03. The number of nitrogens with one attached hydrogen (secondary N) is 2. The minimum Gasteiger partial charge on any atom is -0.369 e. The van der Waals surface area contributed by atoms with Crippen molar-refractivity contribution in [3.8, 4) is 0 Å². The van der Waals surface area contributed by atoms with Gasteiger partial charge in [-0.1, -0.05) is 37.3 Å². The second-order valence-corrected chi connectivity index (χ2v) is 10.0. The van der Waals surface area contributed by atoms with E-state index in [0.29, 0.717) is 5.56 Å². The van der Waals surface area contributed by atoms with Crippen molar-refractivity contribution in [1.82, 2.24) is 9.88 Å². The summed E-state index contributed by atoms with van der Waals surface area (Å²) in [5, 5.41) is 3.03. The molecule has 182 valence electrons. The van der Waals surface area contributed by atoms with E-state index in [-0.39, 0.29) is 17.0 Å². The fourth-order valence-corrected chi connectivity index (χ4v) is 5.70. The van der Waals surface area contributed by atoms with E-state index in [1.807, 2.05) is 6.07 Å². The van der Waals surface area contributed by atoms with Gasteiger partial charge in [-0.05, 0) is 67.5 Å². The lowest BCUT2D eigenvalue weighted by molar-refractivity contribution is 0.0299. The molecule has 0 atom stereocenters. The molecule has 6 nitrogen and oxygen atoms in total. The van der Waals surface area contributed by atoms with Crippen LogP contribution in [-0.2, 0) is 5.54 Å². The summed E-state index contributed by atoms with van der Waals surface area (Å²) in [5.74, 6) is 0.526. The number of carbonyl (C=O) groups is 1. The van der Waals surface area contributed by atoms with Crippen molar-refractivity contribution < 1.29 is 4.79 Å². The second kappa shape index (κ2) is 10.1. The quantitative estimate of drug-likeness (QED) is 0.559. The molecule has 1 aromatic heterocycles. The van der Waals surface area contributed by atoms with Crippen molar-refractivity contribution in [2.45, 2.75) is 38.1 Å². The number of hydrogen-bond donors (Lipinski definition) is 2. The molecule has 0 spiro atoms. The van der Waals surface area contributed by atoms with Crippen molar-refractivity contribution in [3.05, 3.63) is 94.4 Å². The third-order valence-corrected chi connectivity index (χ3v) is 7.81. The van der Waals surface area contributed by atoms with Gasteiger partial charge in [-0.15, -0.1) is 0 Å². The Balaban J connectivity index is 1.37. The summed E-state index contributed by atoms with van der Waals surface area (Å²) in [6.07, 6.45) is 6.16. The number of nitrogens with zero attached hydrogens (tertiary/aromatic N) is 2. The molecule has 5 rings (SSSR count). The summed E-state index contributed by atoms with van der Waals surface area (Å²) in [7, 11) is 0. The highest BCUT2D eigenvalue weighted by atomic mass is 16.1. The third-order valence-electron chi connectivity index (χ3n) is 7.81. The molecule has 2 aromatic carbocycles. The van der Waals surface area contributed by atoms with Crippen LogP contribution in [0.5, 0.6) is 0 Å². The number of aromatic nitrogens is 1. The molecule has 6 heteroatoms. The van der Waals surface area contributed by atoms with Crippen molar-refractivity contribution >= 4 is 17.3 Å².